The van der Waals surface area contributed by atoms with Gasteiger partial charge < -0.3 is 10.8 Å². The van der Waals surface area contributed by atoms with Crippen LogP contribution in [-0.2, 0) is 12.8 Å². The molecule has 0 bridgehead atoms. The topological polar surface area (TPSA) is 104 Å². The van der Waals surface area contributed by atoms with Gasteiger partial charge in [0, 0.05) is 29.8 Å². The molecule has 0 aromatic carbocycles. The van der Waals surface area contributed by atoms with Gasteiger partial charge in [-0.25, -0.2) is 9.98 Å². The van der Waals surface area contributed by atoms with Crippen LogP contribution in [0.3, 0.4) is 0 Å². The highest BCUT2D eigenvalue weighted by molar-refractivity contribution is 7.21. The average molecular weight is 412 g/mol. The second-order valence-corrected chi connectivity index (χ2v) is 10.3. The minimum absolute atomic E-state index is 0.207. The van der Waals surface area contributed by atoms with Crippen molar-refractivity contribution in [3.63, 3.8) is 0 Å². The van der Waals surface area contributed by atoms with Crippen LogP contribution < -0.4 is 15.5 Å². The van der Waals surface area contributed by atoms with Gasteiger partial charge in [-0.1, -0.05) is 20.8 Å². The van der Waals surface area contributed by atoms with E-state index in [-0.39, 0.29) is 11.3 Å². The Morgan fingerprint density at radius 3 is 2.86 bits per heavy atom. The molecule has 8 heteroatoms. The van der Waals surface area contributed by atoms with E-state index in [0.29, 0.717) is 22.5 Å². The van der Waals surface area contributed by atoms with E-state index in [0.717, 1.165) is 48.0 Å². The third-order valence-electron chi connectivity index (χ3n) is 6.11. The Hall–Kier alpha value is -2.48. The molecule has 0 radical (unpaired) electrons. The Morgan fingerprint density at radius 2 is 2.14 bits per heavy atom. The lowest BCUT2D eigenvalue weighted by Crippen LogP contribution is -2.32. The molecule has 3 heterocycles. The summed E-state index contributed by atoms with van der Waals surface area (Å²) in [7, 11) is 0. The maximum absolute atomic E-state index is 12.7. The first-order valence-corrected chi connectivity index (χ1v) is 11.0. The van der Waals surface area contributed by atoms with Crippen LogP contribution in [0.2, 0.25) is 0 Å². The van der Waals surface area contributed by atoms with Crippen LogP contribution in [0.4, 0.5) is 11.6 Å². The summed E-state index contributed by atoms with van der Waals surface area (Å²) in [6, 6.07) is 2.51. The first-order valence-electron chi connectivity index (χ1n) is 10.1. The van der Waals surface area contributed by atoms with Crippen molar-refractivity contribution in [2.24, 2.45) is 16.3 Å². The van der Waals surface area contributed by atoms with Gasteiger partial charge in [0.1, 0.15) is 4.83 Å². The van der Waals surface area contributed by atoms with Gasteiger partial charge in [0.25, 0.3) is 6.20 Å². The molecule has 1 unspecified atom stereocenters. The number of aromatic nitrogens is 3. The molecular formula is C21H25N5O2S. The fourth-order valence-electron chi connectivity index (χ4n) is 4.05. The molecule has 1 atom stereocenters. The molecule has 1 fully saturated rings. The molecule has 29 heavy (non-hydrogen) atoms. The van der Waals surface area contributed by atoms with E-state index in [1.54, 1.807) is 10.9 Å². The Balaban J connectivity index is 1.49. The van der Waals surface area contributed by atoms with Crippen LogP contribution in [0.15, 0.2) is 21.8 Å². The molecule has 0 saturated heterocycles. The second-order valence-electron chi connectivity index (χ2n) is 9.27. The summed E-state index contributed by atoms with van der Waals surface area (Å²) < 4.78 is 6.89. The molecule has 2 N–H and O–H groups in total. The predicted octanol–water partition coefficient (Wildman–Crippen LogP) is 3.08. The number of anilines is 1. The number of pyridine rings is 1. The third kappa shape index (κ3) is 3.39. The van der Waals surface area contributed by atoms with Gasteiger partial charge in [0.15, 0.2) is 6.04 Å². The Kier molecular flexibility index (Phi) is 4.17. The normalized spacial score (nSPS) is 20.2. The molecule has 1 saturated carbocycles. The number of rotatable bonds is 3. The Morgan fingerprint density at radius 1 is 1.34 bits per heavy atom. The molecule has 7 nitrogen and oxygen atoms in total. The predicted molar refractivity (Wildman–Crippen MR) is 110 cm³/mol. The van der Waals surface area contributed by atoms with Gasteiger partial charge >= 0.3 is 5.88 Å². The molecule has 0 spiro atoms. The number of nitrogens with zero attached hydrogens (tertiary/aromatic N) is 4. The number of aryl methyl sites for hydroxylation is 1. The van der Waals surface area contributed by atoms with E-state index in [4.69, 9.17) is 15.2 Å². The SMILES string of the molecule is CC(C)(C)C1CCc2nc3sc(/C([O-])=N/c4c[n+](C5CC5)no4)c(N)c3cc2C1. The third-order valence-corrected chi connectivity index (χ3v) is 7.21. The Labute approximate surface area is 173 Å². The fourth-order valence-corrected chi connectivity index (χ4v) is 5.03. The minimum Gasteiger partial charge on any atom is -0.857 e. The smallest absolute Gasteiger partial charge is 0.320 e. The van der Waals surface area contributed by atoms with E-state index >= 15 is 0 Å². The Bertz CT molecular complexity index is 1120. The van der Waals surface area contributed by atoms with Crippen molar-refractivity contribution < 1.29 is 14.3 Å². The second kappa shape index (κ2) is 6.52. The van der Waals surface area contributed by atoms with Gasteiger partial charge in [0.2, 0.25) is 5.27 Å². The summed E-state index contributed by atoms with van der Waals surface area (Å²) in [5.74, 6) is 0.420. The van der Waals surface area contributed by atoms with E-state index in [1.165, 1.54) is 16.9 Å². The average Bonchev–Trinajstić information content (AvgIpc) is 3.34. The van der Waals surface area contributed by atoms with Gasteiger partial charge in [-0.2, -0.15) is 0 Å². The quantitative estimate of drug-likeness (QED) is 0.405. The highest BCUT2D eigenvalue weighted by atomic mass is 32.1. The molecule has 152 valence electrons. The molecule has 2 aliphatic carbocycles. The minimum atomic E-state index is -0.407. The summed E-state index contributed by atoms with van der Waals surface area (Å²) in [5.41, 5.74) is 9.46. The number of thiophene rings is 1. The zero-order valence-electron chi connectivity index (χ0n) is 16.9. The highest BCUT2D eigenvalue weighted by Crippen LogP contribution is 2.40. The van der Waals surface area contributed by atoms with Crippen molar-refractivity contribution in [3.8, 4) is 0 Å². The van der Waals surface area contributed by atoms with Crippen molar-refractivity contribution in [2.45, 2.75) is 58.9 Å². The lowest BCUT2D eigenvalue weighted by atomic mass is 9.71. The summed E-state index contributed by atoms with van der Waals surface area (Å²) in [6.45, 7) is 6.88. The molecule has 3 aromatic rings. The van der Waals surface area contributed by atoms with Crippen LogP contribution >= 0.6 is 11.3 Å². The maximum atomic E-state index is 12.7. The summed E-state index contributed by atoms with van der Waals surface area (Å²) in [6.07, 6.45) is 6.95. The van der Waals surface area contributed by atoms with E-state index < -0.39 is 5.90 Å². The molecule has 5 rings (SSSR count). The summed E-state index contributed by atoms with van der Waals surface area (Å²) in [4.78, 5) is 10.1. The van der Waals surface area contributed by atoms with Gasteiger partial charge in [0.05, 0.1) is 10.6 Å². The number of aliphatic imine (C=N–C) groups is 1. The van der Waals surface area contributed by atoms with E-state index in [9.17, 15) is 5.11 Å². The van der Waals surface area contributed by atoms with Gasteiger partial charge in [-0.15, -0.1) is 11.3 Å². The first kappa shape index (κ1) is 18.5. The lowest BCUT2D eigenvalue weighted by Gasteiger charge is -2.34. The monoisotopic (exact) mass is 411 g/mol. The van der Waals surface area contributed by atoms with Crippen LogP contribution in [0.1, 0.15) is 62.2 Å². The molecule has 2 aliphatic rings. The van der Waals surface area contributed by atoms with Crippen molar-refractivity contribution in [2.75, 3.05) is 5.73 Å². The van der Waals surface area contributed by atoms with Crippen molar-refractivity contribution in [1.29, 1.82) is 0 Å². The number of fused-ring (bicyclic) bond motifs is 2. The maximum Gasteiger partial charge on any atom is 0.320 e. The first-order chi connectivity index (χ1) is 13.8. The highest BCUT2D eigenvalue weighted by Gasteiger charge is 2.35. The zero-order chi connectivity index (χ0) is 20.3. The van der Waals surface area contributed by atoms with Crippen LogP contribution in [0, 0.1) is 11.3 Å². The van der Waals surface area contributed by atoms with Crippen molar-refractivity contribution in [1.82, 2.24) is 10.3 Å². The summed E-state index contributed by atoms with van der Waals surface area (Å²) in [5, 5.41) is 17.5. The number of hydrogen-bond acceptors (Lipinski definition) is 7. The van der Waals surface area contributed by atoms with Crippen LogP contribution in [-0.4, -0.2) is 16.2 Å². The number of nitrogen functional groups attached to an aromatic ring is 1. The van der Waals surface area contributed by atoms with Crippen LogP contribution in [0.25, 0.3) is 10.2 Å². The largest absolute Gasteiger partial charge is 0.857 e. The standard InChI is InChI=1S/C21H25N5O2S/c1-21(2,3)12-4-7-15-11(8-12)9-14-17(22)18(29-20(14)23-15)19(27)24-16-10-26(25-28-16)13-5-6-13/h9-10,12-13H,4-8H2,1-3H3,(H2-,22,24,25,27). The fraction of sp³-hybridized carbons (Fsp3) is 0.524. The molecular weight excluding hydrogens is 386 g/mol. The van der Waals surface area contributed by atoms with Gasteiger partial charge in [-0.3, -0.25) is 4.52 Å². The van der Waals surface area contributed by atoms with E-state index in [1.807, 2.05) is 0 Å². The van der Waals surface area contributed by atoms with Crippen molar-refractivity contribution in [3.05, 3.63) is 28.4 Å². The molecule has 0 aliphatic heterocycles. The number of nitrogens with two attached hydrogens (primary N) is 1. The van der Waals surface area contributed by atoms with Crippen LogP contribution in [0.5, 0.6) is 0 Å². The summed E-state index contributed by atoms with van der Waals surface area (Å²) >= 11 is 1.31. The lowest BCUT2D eigenvalue weighted by molar-refractivity contribution is -0.765. The van der Waals surface area contributed by atoms with E-state index in [2.05, 4.69) is 37.1 Å². The zero-order valence-corrected chi connectivity index (χ0v) is 17.8. The van der Waals surface area contributed by atoms with Gasteiger partial charge in [-0.05, 0) is 46.9 Å². The number of hydrogen-bond donors (Lipinski definition) is 1. The molecule has 0 amide bonds. The molecule has 3 aromatic heterocycles. The van der Waals surface area contributed by atoms with Crippen molar-refractivity contribution >= 4 is 39.0 Å².